The third-order valence-corrected chi connectivity index (χ3v) is 2.94. The van der Waals surface area contributed by atoms with Gasteiger partial charge in [0.25, 0.3) is 0 Å². The fraction of sp³-hybridized carbons (Fsp3) is 0.222. The number of fused-ring (bicyclic) bond motifs is 1. The molecule has 0 unspecified atom stereocenters. The number of hydrogen-bond donors (Lipinski definition) is 0. The quantitative estimate of drug-likeness (QED) is 0.731. The number of Topliss-reactive ketones (excluding diaryl/α,β-unsaturated/α-hetero) is 1. The maximum atomic E-state index is 11.1. The van der Waals surface area contributed by atoms with Crippen LogP contribution in [0.1, 0.15) is 23.0 Å². The minimum atomic E-state index is -0.00217. The summed E-state index contributed by atoms with van der Waals surface area (Å²) < 4.78 is 2.59. The Balaban J connectivity index is 2.76. The van der Waals surface area contributed by atoms with E-state index in [0.29, 0.717) is 11.3 Å². The molecule has 4 nitrogen and oxygen atoms in total. The first-order valence-electron chi connectivity index (χ1n) is 4.10. The van der Waals surface area contributed by atoms with Gasteiger partial charge in [0.05, 0.1) is 11.3 Å². The first-order valence-corrected chi connectivity index (χ1v) is 4.90. The zero-order valence-electron chi connectivity index (χ0n) is 7.78. The van der Waals surface area contributed by atoms with Crippen molar-refractivity contribution in [3.63, 3.8) is 0 Å². The van der Waals surface area contributed by atoms with Crippen molar-refractivity contribution in [2.45, 2.75) is 13.8 Å². The average molecular weight is 254 g/mol. The molecular formula is C9H8BrN3O. The van der Waals surface area contributed by atoms with Gasteiger partial charge in [-0.15, -0.1) is 0 Å². The number of ketones is 1. The molecule has 0 spiro atoms. The molecule has 2 heterocycles. The molecule has 0 saturated heterocycles. The number of carbonyl (C=O) groups excluding carboxylic acids is 1. The molecule has 0 fully saturated rings. The van der Waals surface area contributed by atoms with Crippen LogP contribution in [0.5, 0.6) is 0 Å². The molecule has 0 aliphatic rings. The van der Waals surface area contributed by atoms with E-state index in [1.807, 2.05) is 6.92 Å². The van der Waals surface area contributed by atoms with Gasteiger partial charge in [-0.3, -0.25) is 9.20 Å². The third kappa shape index (κ3) is 1.33. The van der Waals surface area contributed by atoms with Crippen LogP contribution in [0.15, 0.2) is 17.0 Å². The lowest BCUT2D eigenvalue weighted by molar-refractivity contribution is 0.101. The number of carbonyl (C=O) groups is 1. The average Bonchev–Trinajstić information content (AvgIpc) is 2.43. The second-order valence-corrected chi connectivity index (χ2v) is 3.81. The van der Waals surface area contributed by atoms with Crippen LogP contribution in [0.25, 0.3) is 5.78 Å². The first kappa shape index (κ1) is 9.33. The summed E-state index contributed by atoms with van der Waals surface area (Å²) in [6.07, 6.45) is 3.27. The standard InChI is InChI=1S/C9H8BrN3O/c1-5-8(10)13-4-7(6(2)14)3-11-9(13)12-5/h3-4H,1-2H3. The highest BCUT2D eigenvalue weighted by atomic mass is 79.9. The van der Waals surface area contributed by atoms with E-state index in [4.69, 9.17) is 0 Å². The predicted molar refractivity (Wildman–Crippen MR) is 55.4 cm³/mol. The molecule has 5 heteroatoms. The molecule has 0 aliphatic heterocycles. The summed E-state index contributed by atoms with van der Waals surface area (Å²) in [6, 6.07) is 0. The molecule has 14 heavy (non-hydrogen) atoms. The van der Waals surface area contributed by atoms with Crippen LogP contribution >= 0.6 is 15.9 Å². The van der Waals surface area contributed by atoms with Crippen molar-refractivity contribution in [1.82, 2.24) is 14.4 Å². The zero-order valence-corrected chi connectivity index (χ0v) is 9.37. The van der Waals surface area contributed by atoms with Crippen molar-refractivity contribution in [1.29, 1.82) is 0 Å². The molecule has 2 rings (SSSR count). The molecule has 0 aromatic carbocycles. The van der Waals surface area contributed by atoms with Gasteiger partial charge in [0, 0.05) is 12.4 Å². The molecule has 0 N–H and O–H groups in total. The number of halogens is 1. The van der Waals surface area contributed by atoms with Gasteiger partial charge < -0.3 is 0 Å². The molecule has 0 aliphatic carbocycles. The first-order chi connectivity index (χ1) is 6.59. The van der Waals surface area contributed by atoms with E-state index < -0.39 is 0 Å². The summed E-state index contributed by atoms with van der Waals surface area (Å²) in [5, 5.41) is 0. The lowest BCUT2D eigenvalue weighted by atomic mass is 10.2. The minimum absolute atomic E-state index is 0.00217. The van der Waals surface area contributed by atoms with Gasteiger partial charge in [0.15, 0.2) is 5.78 Å². The zero-order chi connectivity index (χ0) is 10.3. The van der Waals surface area contributed by atoms with Crippen LogP contribution < -0.4 is 0 Å². The Hall–Kier alpha value is -1.23. The Morgan fingerprint density at radius 3 is 2.93 bits per heavy atom. The fourth-order valence-electron chi connectivity index (χ4n) is 1.20. The number of imidazole rings is 1. The van der Waals surface area contributed by atoms with Gasteiger partial charge in [-0.1, -0.05) is 0 Å². The molecule has 0 atom stereocenters. The van der Waals surface area contributed by atoms with Crippen molar-refractivity contribution < 1.29 is 4.79 Å². The summed E-state index contributed by atoms with van der Waals surface area (Å²) in [5.74, 6) is 0.594. The van der Waals surface area contributed by atoms with Crippen molar-refractivity contribution in [3.8, 4) is 0 Å². The SMILES string of the molecule is CC(=O)c1cnc2nc(C)c(Br)n2c1. The van der Waals surface area contributed by atoms with Crippen LogP contribution in [-0.2, 0) is 0 Å². The number of rotatable bonds is 1. The number of aromatic nitrogens is 3. The van der Waals surface area contributed by atoms with Gasteiger partial charge in [0.1, 0.15) is 4.60 Å². The van der Waals surface area contributed by atoms with Crippen LogP contribution in [0.4, 0.5) is 0 Å². The molecule has 0 amide bonds. The van der Waals surface area contributed by atoms with Crippen LogP contribution in [-0.4, -0.2) is 20.2 Å². The number of hydrogen-bond acceptors (Lipinski definition) is 3. The summed E-state index contributed by atoms with van der Waals surface area (Å²) in [4.78, 5) is 19.4. The maximum absolute atomic E-state index is 11.1. The third-order valence-electron chi connectivity index (χ3n) is 1.99. The highest BCUT2D eigenvalue weighted by Crippen LogP contribution is 2.17. The Bertz CT molecular complexity index is 518. The van der Waals surface area contributed by atoms with E-state index in [-0.39, 0.29) is 5.78 Å². The van der Waals surface area contributed by atoms with E-state index in [2.05, 4.69) is 25.9 Å². The van der Waals surface area contributed by atoms with E-state index in [1.54, 1.807) is 10.6 Å². The maximum Gasteiger partial charge on any atom is 0.234 e. The lowest BCUT2D eigenvalue weighted by Crippen LogP contribution is -1.98. The molecule has 72 valence electrons. The Morgan fingerprint density at radius 2 is 2.29 bits per heavy atom. The van der Waals surface area contributed by atoms with Crippen molar-refractivity contribution in [3.05, 3.63) is 28.3 Å². The van der Waals surface area contributed by atoms with Gasteiger partial charge in [-0.2, -0.15) is 0 Å². The normalized spacial score (nSPS) is 10.8. The van der Waals surface area contributed by atoms with E-state index in [1.165, 1.54) is 13.1 Å². The molecule has 0 radical (unpaired) electrons. The second-order valence-electron chi connectivity index (χ2n) is 3.06. The Morgan fingerprint density at radius 1 is 1.57 bits per heavy atom. The van der Waals surface area contributed by atoms with Gasteiger partial charge in [0.2, 0.25) is 5.78 Å². The van der Waals surface area contributed by atoms with E-state index in [9.17, 15) is 4.79 Å². The molecular weight excluding hydrogens is 246 g/mol. The summed E-state index contributed by atoms with van der Waals surface area (Å²) in [6.45, 7) is 3.40. The Labute approximate surface area is 89.1 Å². The minimum Gasteiger partial charge on any atom is -0.294 e. The summed E-state index contributed by atoms with van der Waals surface area (Å²) >= 11 is 3.38. The van der Waals surface area contributed by atoms with Gasteiger partial charge in [-0.05, 0) is 29.8 Å². The lowest BCUT2D eigenvalue weighted by Gasteiger charge is -1.97. The van der Waals surface area contributed by atoms with Gasteiger partial charge in [-0.25, -0.2) is 9.97 Å². The van der Waals surface area contributed by atoms with Crippen molar-refractivity contribution >= 4 is 27.5 Å². The fourth-order valence-corrected chi connectivity index (χ4v) is 1.55. The smallest absolute Gasteiger partial charge is 0.234 e. The molecule has 0 saturated carbocycles. The van der Waals surface area contributed by atoms with Crippen molar-refractivity contribution in [2.24, 2.45) is 0 Å². The van der Waals surface area contributed by atoms with Crippen LogP contribution in [0.3, 0.4) is 0 Å². The largest absolute Gasteiger partial charge is 0.294 e. The number of aryl methyl sites for hydroxylation is 1. The second kappa shape index (κ2) is 3.16. The predicted octanol–water partition coefficient (Wildman–Crippen LogP) is 2.00. The van der Waals surface area contributed by atoms with E-state index in [0.717, 1.165) is 10.3 Å². The highest BCUT2D eigenvalue weighted by molar-refractivity contribution is 9.10. The topological polar surface area (TPSA) is 47.3 Å². The van der Waals surface area contributed by atoms with Crippen LogP contribution in [0, 0.1) is 6.92 Å². The Kier molecular flexibility index (Phi) is 2.11. The monoisotopic (exact) mass is 253 g/mol. The molecule has 2 aromatic rings. The van der Waals surface area contributed by atoms with Crippen LogP contribution in [0.2, 0.25) is 0 Å². The summed E-state index contributed by atoms with van der Waals surface area (Å²) in [5.41, 5.74) is 1.44. The van der Waals surface area contributed by atoms with E-state index >= 15 is 0 Å². The summed E-state index contributed by atoms with van der Waals surface area (Å²) in [7, 11) is 0. The molecule has 2 aromatic heterocycles. The highest BCUT2D eigenvalue weighted by Gasteiger charge is 2.08. The van der Waals surface area contributed by atoms with Gasteiger partial charge >= 0.3 is 0 Å². The molecule has 0 bridgehead atoms. The number of nitrogens with zero attached hydrogens (tertiary/aromatic N) is 3. The van der Waals surface area contributed by atoms with Crippen molar-refractivity contribution in [2.75, 3.05) is 0 Å².